The molecule has 0 aliphatic carbocycles. The lowest BCUT2D eigenvalue weighted by atomic mass is 9.83. The second-order valence-corrected chi connectivity index (χ2v) is 9.17. The lowest BCUT2D eigenvalue weighted by Crippen LogP contribution is -2.39. The fourth-order valence-corrected chi connectivity index (χ4v) is 4.72. The summed E-state index contributed by atoms with van der Waals surface area (Å²) >= 11 is 0. The maximum Gasteiger partial charge on any atom is 0.310 e. The van der Waals surface area contributed by atoms with E-state index in [0.29, 0.717) is 13.2 Å². The van der Waals surface area contributed by atoms with Crippen molar-refractivity contribution in [2.24, 2.45) is 11.8 Å². The van der Waals surface area contributed by atoms with Crippen LogP contribution in [0.4, 0.5) is 8.78 Å². The molecule has 1 heterocycles. The van der Waals surface area contributed by atoms with Crippen molar-refractivity contribution in [3.8, 4) is 0 Å². The number of nitrogens with zero attached hydrogens (tertiary/aromatic N) is 1. The van der Waals surface area contributed by atoms with Crippen LogP contribution in [-0.2, 0) is 9.53 Å². The number of piperidine rings is 1. The zero-order valence-electron chi connectivity index (χ0n) is 20.1. The number of halogens is 2. The van der Waals surface area contributed by atoms with E-state index < -0.39 is 18.0 Å². The Morgan fingerprint density at radius 3 is 2.00 bits per heavy atom. The second kappa shape index (κ2) is 12.6. The van der Waals surface area contributed by atoms with Gasteiger partial charge in [0.05, 0.1) is 12.5 Å². The van der Waals surface area contributed by atoms with E-state index in [2.05, 4.69) is 4.90 Å². The molecule has 1 aliphatic rings. The Morgan fingerprint density at radius 1 is 0.917 bits per heavy atom. The molecule has 0 aromatic heterocycles. The van der Waals surface area contributed by atoms with Crippen LogP contribution in [0.2, 0.25) is 0 Å². The number of carboxylic acids is 1. The maximum absolute atomic E-state index is 13.4. The summed E-state index contributed by atoms with van der Waals surface area (Å²) in [5.74, 6) is -1.85. The van der Waals surface area contributed by atoms with E-state index in [1.807, 2.05) is 42.5 Å². The summed E-state index contributed by atoms with van der Waals surface area (Å²) < 4.78 is 33.1. The molecule has 0 radical (unpaired) electrons. The number of carboxylic acid groups (broad SMARTS) is 1. The van der Waals surface area contributed by atoms with Gasteiger partial charge < -0.3 is 14.7 Å². The lowest BCUT2D eigenvalue weighted by molar-refractivity contribution is -0.142. The van der Waals surface area contributed by atoms with E-state index in [-0.39, 0.29) is 17.6 Å². The second-order valence-electron chi connectivity index (χ2n) is 9.17. The third kappa shape index (κ3) is 7.09. The van der Waals surface area contributed by atoms with Crippen molar-refractivity contribution >= 4 is 12.0 Å². The highest BCUT2D eigenvalue weighted by Gasteiger charge is 2.29. The molecule has 0 spiro atoms. The van der Waals surface area contributed by atoms with E-state index >= 15 is 0 Å². The van der Waals surface area contributed by atoms with Gasteiger partial charge in [-0.25, -0.2) is 8.78 Å². The van der Waals surface area contributed by atoms with Crippen LogP contribution in [0.3, 0.4) is 0 Å². The number of hydrogen-bond acceptors (Lipinski definition) is 3. The molecule has 4 rings (SSSR count). The van der Waals surface area contributed by atoms with Crippen molar-refractivity contribution in [2.75, 3.05) is 26.2 Å². The van der Waals surface area contributed by atoms with Gasteiger partial charge in [0.25, 0.3) is 0 Å². The molecule has 1 N–H and O–H groups in total. The molecule has 1 fully saturated rings. The standard InChI is InChI=1S/C30H31F2NO3/c31-26-11-7-24(8-12-26)29(25-9-13-27(32)14-10-25)36-21-20-33-18-16-23(17-19-33)28(30(34)35)15-6-22-4-2-1-3-5-22/h1-15,23,28-29H,16-21H2,(H,34,35)/b15-6+. The van der Waals surface area contributed by atoms with Gasteiger partial charge in [0.1, 0.15) is 17.7 Å². The predicted octanol–water partition coefficient (Wildman–Crippen LogP) is 6.20. The smallest absolute Gasteiger partial charge is 0.310 e. The number of ether oxygens (including phenoxy) is 1. The Labute approximate surface area is 210 Å². The average molecular weight is 492 g/mol. The van der Waals surface area contributed by atoms with Gasteiger partial charge in [-0.15, -0.1) is 0 Å². The number of rotatable bonds is 10. The minimum atomic E-state index is -0.787. The van der Waals surface area contributed by atoms with Crippen molar-refractivity contribution < 1.29 is 23.4 Å². The molecule has 1 unspecified atom stereocenters. The number of likely N-dealkylation sites (tertiary alicyclic amines) is 1. The highest BCUT2D eigenvalue weighted by atomic mass is 19.1. The average Bonchev–Trinajstić information content (AvgIpc) is 2.89. The largest absolute Gasteiger partial charge is 0.481 e. The Morgan fingerprint density at radius 2 is 1.47 bits per heavy atom. The van der Waals surface area contributed by atoms with E-state index in [1.54, 1.807) is 24.3 Å². The Balaban J connectivity index is 1.31. The van der Waals surface area contributed by atoms with Gasteiger partial charge in [-0.1, -0.05) is 66.7 Å². The monoisotopic (exact) mass is 491 g/mol. The summed E-state index contributed by atoms with van der Waals surface area (Å²) in [7, 11) is 0. The van der Waals surface area contributed by atoms with Crippen LogP contribution in [0.25, 0.3) is 6.08 Å². The predicted molar refractivity (Wildman–Crippen MR) is 136 cm³/mol. The van der Waals surface area contributed by atoms with Crippen LogP contribution in [0.1, 0.15) is 35.6 Å². The minimum absolute atomic E-state index is 0.0887. The van der Waals surface area contributed by atoms with Crippen LogP contribution in [0, 0.1) is 23.5 Å². The van der Waals surface area contributed by atoms with Gasteiger partial charge in [0.2, 0.25) is 0 Å². The van der Waals surface area contributed by atoms with Crippen LogP contribution in [0.5, 0.6) is 0 Å². The topological polar surface area (TPSA) is 49.8 Å². The van der Waals surface area contributed by atoms with Crippen LogP contribution in [0.15, 0.2) is 84.9 Å². The molecule has 3 aromatic carbocycles. The Hall–Kier alpha value is -3.35. The van der Waals surface area contributed by atoms with Gasteiger partial charge in [-0.05, 0) is 72.8 Å². The van der Waals surface area contributed by atoms with E-state index in [1.165, 1.54) is 24.3 Å². The molecule has 0 saturated carbocycles. The summed E-state index contributed by atoms with van der Waals surface area (Å²) in [5.41, 5.74) is 2.60. The quantitative estimate of drug-likeness (QED) is 0.367. The van der Waals surface area contributed by atoms with Gasteiger partial charge in [-0.2, -0.15) is 0 Å². The van der Waals surface area contributed by atoms with E-state index in [4.69, 9.17) is 4.74 Å². The Bertz CT molecular complexity index is 1080. The molecular formula is C30H31F2NO3. The van der Waals surface area contributed by atoms with E-state index in [9.17, 15) is 18.7 Å². The van der Waals surface area contributed by atoms with Crippen molar-refractivity contribution in [3.05, 3.63) is 113 Å². The molecule has 3 aromatic rings. The molecule has 6 heteroatoms. The molecule has 1 atom stereocenters. The molecule has 36 heavy (non-hydrogen) atoms. The van der Waals surface area contributed by atoms with Crippen molar-refractivity contribution in [1.82, 2.24) is 4.90 Å². The molecule has 0 amide bonds. The summed E-state index contributed by atoms with van der Waals surface area (Å²) in [5, 5.41) is 9.79. The van der Waals surface area contributed by atoms with Gasteiger partial charge in [0, 0.05) is 6.54 Å². The summed E-state index contributed by atoms with van der Waals surface area (Å²) in [6, 6.07) is 22.0. The maximum atomic E-state index is 13.4. The van der Waals surface area contributed by atoms with Crippen molar-refractivity contribution in [2.45, 2.75) is 18.9 Å². The molecular weight excluding hydrogens is 460 g/mol. The van der Waals surface area contributed by atoms with E-state index in [0.717, 1.165) is 42.6 Å². The first-order valence-electron chi connectivity index (χ1n) is 12.3. The third-order valence-electron chi connectivity index (χ3n) is 6.76. The van der Waals surface area contributed by atoms with Gasteiger partial charge in [-0.3, -0.25) is 4.79 Å². The van der Waals surface area contributed by atoms with Crippen molar-refractivity contribution in [1.29, 1.82) is 0 Å². The SMILES string of the molecule is O=C(O)C(/C=C/c1ccccc1)C1CCN(CCOC(c2ccc(F)cc2)c2ccc(F)cc2)CC1. The van der Waals surface area contributed by atoms with Crippen LogP contribution < -0.4 is 0 Å². The first kappa shape index (κ1) is 25.7. The molecule has 188 valence electrons. The Kier molecular flexibility index (Phi) is 8.98. The first-order valence-corrected chi connectivity index (χ1v) is 12.3. The highest BCUT2D eigenvalue weighted by Crippen LogP contribution is 2.29. The van der Waals surface area contributed by atoms with Crippen molar-refractivity contribution in [3.63, 3.8) is 0 Å². The van der Waals surface area contributed by atoms with Crippen LogP contribution >= 0.6 is 0 Å². The number of carbonyl (C=O) groups is 1. The summed E-state index contributed by atoms with van der Waals surface area (Å²) in [4.78, 5) is 14.2. The first-order chi connectivity index (χ1) is 17.5. The van der Waals surface area contributed by atoms with Gasteiger partial charge >= 0.3 is 5.97 Å². The lowest BCUT2D eigenvalue weighted by Gasteiger charge is -2.34. The molecule has 0 bridgehead atoms. The normalized spacial score (nSPS) is 16.0. The number of aliphatic carboxylic acids is 1. The minimum Gasteiger partial charge on any atom is -0.481 e. The summed E-state index contributed by atoms with van der Waals surface area (Å²) in [6.07, 6.45) is 4.88. The fourth-order valence-electron chi connectivity index (χ4n) is 4.72. The number of benzene rings is 3. The van der Waals surface area contributed by atoms with Crippen LogP contribution in [-0.4, -0.2) is 42.2 Å². The molecule has 4 nitrogen and oxygen atoms in total. The summed E-state index contributed by atoms with van der Waals surface area (Å²) in [6.45, 7) is 2.74. The molecule has 1 aliphatic heterocycles. The highest BCUT2D eigenvalue weighted by molar-refractivity contribution is 5.74. The zero-order valence-corrected chi connectivity index (χ0v) is 20.1. The third-order valence-corrected chi connectivity index (χ3v) is 6.76. The zero-order chi connectivity index (χ0) is 25.3. The van der Waals surface area contributed by atoms with Gasteiger partial charge in [0.15, 0.2) is 0 Å². The fraction of sp³-hybridized carbons (Fsp3) is 0.300. The number of hydrogen-bond donors (Lipinski definition) is 1. The molecule has 1 saturated heterocycles.